The van der Waals surface area contributed by atoms with Crippen LogP contribution in [-0.2, 0) is 6.42 Å². The van der Waals surface area contributed by atoms with Gasteiger partial charge in [0.25, 0.3) is 5.91 Å². The lowest BCUT2D eigenvalue weighted by atomic mass is 10.1. The zero-order chi connectivity index (χ0) is 15.1. The Morgan fingerprint density at radius 2 is 1.81 bits per heavy atom. The molecular weight excluding hydrogens is 307 g/mol. The highest BCUT2D eigenvalue weighted by atomic mass is 35.5. The summed E-state index contributed by atoms with van der Waals surface area (Å²) in [5.41, 5.74) is 10.2. The Hall–Kier alpha value is -1.71. The largest absolute Gasteiger partial charge is 0.398 e. The molecule has 0 atom stereocenters. The van der Waals surface area contributed by atoms with E-state index in [2.05, 4.69) is 0 Å². The van der Waals surface area contributed by atoms with Gasteiger partial charge in [-0.3, -0.25) is 4.79 Å². The number of hydrogen-bond acceptors (Lipinski definition) is 2. The lowest BCUT2D eigenvalue weighted by Gasteiger charge is -2.18. The molecule has 0 radical (unpaired) electrons. The van der Waals surface area contributed by atoms with E-state index in [1.54, 1.807) is 23.1 Å². The van der Waals surface area contributed by atoms with Crippen LogP contribution in [0.4, 0.5) is 11.4 Å². The molecule has 1 heterocycles. The second-order valence-corrected chi connectivity index (χ2v) is 6.08. The third-order valence-corrected chi connectivity index (χ3v) is 4.15. The number of carbonyl (C=O) groups is 1. The van der Waals surface area contributed by atoms with E-state index in [0.717, 1.165) is 23.2 Å². The summed E-state index contributed by atoms with van der Waals surface area (Å²) in [5, 5.41) is 0.905. The van der Waals surface area contributed by atoms with Crippen LogP contribution in [0.5, 0.6) is 0 Å². The number of nitrogens with two attached hydrogens (primary N) is 1. The summed E-state index contributed by atoms with van der Waals surface area (Å²) in [6, 6.07) is 8.78. The summed E-state index contributed by atoms with van der Waals surface area (Å²) < 4.78 is 0. The molecule has 3 rings (SSSR count). The lowest BCUT2D eigenvalue weighted by Crippen LogP contribution is -2.28. The number of carbonyl (C=O) groups excluding carboxylic acids is 1. The highest BCUT2D eigenvalue weighted by Gasteiger charge is 2.26. The summed E-state index contributed by atoms with van der Waals surface area (Å²) in [4.78, 5) is 14.4. The van der Waals surface area contributed by atoms with Crippen LogP contribution in [0, 0.1) is 6.92 Å². The number of rotatable bonds is 1. The van der Waals surface area contributed by atoms with Crippen molar-refractivity contribution >= 4 is 40.5 Å². The lowest BCUT2D eigenvalue weighted by molar-refractivity contribution is 0.0989. The Bertz CT molecular complexity index is 723. The van der Waals surface area contributed by atoms with Crippen molar-refractivity contribution in [2.24, 2.45) is 0 Å². The molecule has 3 nitrogen and oxygen atoms in total. The van der Waals surface area contributed by atoms with Crippen molar-refractivity contribution in [3.8, 4) is 0 Å². The molecule has 0 unspecified atom stereocenters. The Labute approximate surface area is 133 Å². The minimum Gasteiger partial charge on any atom is -0.398 e. The Balaban J connectivity index is 2.00. The molecule has 2 N–H and O–H groups in total. The quantitative estimate of drug-likeness (QED) is 0.804. The molecule has 21 heavy (non-hydrogen) atoms. The van der Waals surface area contributed by atoms with Crippen molar-refractivity contribution in [2.45, 2.75) is 13.3 Å². The molecular formula is C16H14Cl2N2O. The summed E-state index contributed by atoms with van der Waals surface area (Å²) in [7, 11) is 0. The molecule has 0 fully saturated rings. The first-order valence-electron chi connectivity index (χ1n) is 6.62. The number of anilines is 2. The Morgan fingerprint density at radius 1 is 1.14 bits per heavy atom. The SMILES string of the molecule is Cc1cc2c(cc1N)N(C(=O)c1cc(Cl)cc(Cl)c1)CC2. The zero-order valence-electron chi connectivity index (χ0n) is 11.5. The highest BCUT2D eigenvalue weighted by molar-refractivity contribution is 6.35. The molecule has 1 aliphatic rings. The number of aryl methyl sites for hydroxylation is 1. The first kappa shape index (κ1) is 14.2. The maximum Gasteiger partial charge on any atom is 0.258 e. The standard InChI is InChI=1S/C16H14Cl2N2O/c1-9-4-10-2-3-20(15(10)8-14(9)19)16(21)11-5-12(17)7-13(18)6-11/h4-8H,2-3,19H2,1H3. The number of nitrogen functional groups attached to an aromatic ring is 1. The number of amides is 1. The summed E-state index contributed by atoms with van der Waals surface area (Å²) in [5.74, 6) is -0.110. The fourth-order valence-electron chi connectivity index (χ4n) is 2.62. The average Bonchev–Trinajstić information content (AvgIpc) is 2.80. The zero-order valence-corrected chi connectivity index (χ0v) is 13.0. The summed E-state index contributed by atoms with van der Waals surface area (Å²) >= 11 is 11.9. The number of fused-ring (bicyclic) bond motifs is 1. The monoisotopic (exact) mass is 320 g/mol. The Kier molecular flexibility index (Phi) is 3.56. The minimum atomic E-state index is -0.110. The number of halogens is 2. The van der Waals surface area contributed by atoms with E-state index < -0.39 is 0 Å². The third kappa shape index (κ3) is 2.59. The molecule has 5 heteroatoms. The first-order valence-corrected chi connectivity index (χ1v) is 7.38. The van der Waals surface area contributed by atoms with Gasteiger partial charge in [0.2, 0.25) is 0 Å². The molecule has 108 valence electrons. The van der Waals surface area contributed by atoms with Gasteiger partial charge < -0.3 is 10.6 Å². The van der Waals surface area contributed by atoms with E-state index in [9.17, 15) is 4.79 Å². The Morgan fingerprint density at radius 3 is 2.48 bits per heavy atom. The molecule has 0 aromatic heterocycles. The minimum absolute atomic E-state index is 0.110. The van der Waals surface area contributed by atoms with E-state index >= 15 is 0 Å². The van der Waals surface area contributed by atoms with Crippen LogP contribution in [0.3, 0.4) is 0 Å². The van der Waals surface area contributed by atoms with Crippen molar-refractivity contribution in [3.05, 3.63) is 57.1 Å². The van der Waals surface area contributed by atoms with Crippen LogP contribution in [0.25, 0.3) is 0 Å². The number of nitrogens with zero attached hydrogens (tertiary/aromatic N) is 1. The molecule has 0 aliphatic carbocycles. The molecule has 0 saturated carbocycles. The van der Waals surface area contributed by atoms with Crippen molar-refractivity contribution in [2.75, 3.05) is 17.2 Å². The van der Waals surface area contributed by atoms with Crippen molar-refractivity contribution in [1.29, 1.82) is 0 Å². The van der Waals surface area contributed by atoms with Gasteiger partial charge in [0, 0.05) is 33.5 Å². The molecule has 2 aromatic carbocycles. The molecule has 0 saturated heterocycles. The van der Waals surface area contributed by atoms with Gasteiger partial charge in [-0.05, 0) is 48.7 Å². The van der Waals surface area contributed by atoms with Crippen LogP contribution >= 0.6 is 23.2 Å². The van der Waals surface area contributed by atoms with Crippen LogP contribution in [0.1, 0.15) is 21.5 Å². The van der Waals surface area contributed by atoms with Crippen LogP contribution in [0.2, 0.25) is 10.0 Å². The molecule has 0 bridgehead atoms. The van der Waals surface area contributed by atoms with Crippen molar-refractivity contribution in [3.63, 3.8) is 0 Å². The van der Waals surface area contributed by atoms with Gasteiger partial charge in [0.15, 0.2) is 0 Å². The van der Waals surface area contributed by atoms with Gasteiger partial charge in [0.05, 0.1) is 0 Å². The maximum atomic E-state index is 12.7. The smallest absolute Gasteiger partial charge is 0.258 e. The summed E-state index contributed by atoms with van der Waals surface area (Å²) in [6.07, 6.45) is 0.830. The normalized spacial score (nSPS) is 13.4. The fraction of sp³-hybridized carbons (Fsp3) is 0.188. The van der Waals surface area contributed by atoms with E-state index in [1.807, 2.05) is 19.1 Å². The molecule has 0 spiro atoms. The van der Waals surface area contributed by atoms with Gasteiger partial charge in [-0.25, -0.2) is 0 Å². The second kappa shape index (κ2) is 5.24. The first-order chi connectivity index (χ1) is 9.95. The molecule has 1 amide bonds. The van der Waals surface area contributed by atoms with E-state index in [0.29, 0.717) is 27.8 Å². The van der Waals surface area contributed by atoms with Crippen molar-refractivity contribution in [1.82, 2.24) is 0 Å². The average molecular weight is 321 g/mol. The van der Waals surface area contributed by atoms with Crippen molar-refractivity contribution < 1.29 is 4.79 Å². The van der Waals surface area contributed by atoms with E-state index in [4.69, 9.17) is 28.9 Å². The van der Waals surface area contributed by atoms with Crippen LogP contribution in [0.15, 0.2) is 30.3 Å². The fourth-order valence-corrected chi connectivity index (χ4v) is 3.15. The van der Waals surface area contributed by atoms with Crippen LogP contribution < -0.4 is 10.6 Å². The van der Waals surface area contributed by atoms with Gasteiger partial charge >= 0.3 is 0 Å². The molecule has 1 aliphatic heterocycles. The van der Waals surface area contributed by atoms with Gasteiger partial charge in [-0.2, -0.15) is 0 Å². The van der Waals surface area contributed by atoms with E-state index in [1.165, 1.54) is 0 Å². The van der Waals surface area contributed by atoms with E-state index in [-0.39, 0.29) is 5.91 Å². The highest BCUT2D eigenvalue weighted by Crippen LogP contribution is 2.33. The van der Waals surface area contributed by atoms with Crippen LogP contribution in [-0.4, -0.2) is 12.5 Å². The van der Waals surface area contributed by atoms with Gasteiger partial charge in [-0.1, -0.05) is 29.3 Å². The predicted octanol–water partition coefficient (Wildman–Crippen LogP) is 4.09. The number of hydrogen-bond donors (Lipinski definition) is 1. The maximum absolute atomic E-state index is 12.7. The van der Waals surface area contributed by atoms with Gasteiger partial charge in [-0.15, -0.1) is 0 Å². The second-order valence-electron chi connectivity index (χ2n) is 5.20. The summed E-state index contributed by atoms with van der Waals surface area (Å²) in [6.45, 7) is 2.61. The third-order valence-electron chi connectivity index (χ3n) is 3.72. The van der Waals surface area contributed by atoms with Gasteiger partial charge in [0.1, 0.15) is 0 Å². The predicted molar refractivity (Wildman–Crippen MR) is 87.4 cm³/mol. The topological polar surface area (TPSA) is 46.3 Å². The molecule has 2 aromatic rings. The number of benzene rings is 2.